The molecule has 2 fully saturated rings. The number of nitrogens with zero attached hydrogens (tertiary/aromatic N) is 4. The molecular formula is C67H67N17O15S2. The van der Waals surface area contributed by atoms with E-state index >= 15 is 0 Å². The zero-order chi connectivity index (χ0) is 71.8. The fourth-order valence-corrected chi connectivity index (χ4v) is 14.3. The van der Waals surface area contributed by atoms with Gasteiger partial charge < -0.3 is 83.4 Å². The lowest BCUT2D eigenvalue weighted by Crippen LogP contribution is -2.56. The van der Waals surface area contributed by atoms with Crippen LogP contribution in [-0.2, 0) is 45.5 Å². The number of H-pyrrole nitrogens is 3. The number of benzene rings is 4. The summed E-state index contributed by atoms with van der Waals surface area (Å²) in [6.45, 7) is 2.29. The van der Waals surface area contributed by atoms with Crippen molar-refractivity contribution in [3.63, 3.8) is 0 Å². The molecule has 0 radical (unpaired) electrons. The summed E-state index contributed by atoms with van der Waals surface area (Å²) in [4.78, 5) is 180. The van der Waals surface area contributed by atoms with Crippen molar-refractivity contribution in [2.45, 2.75) is 88.0 Å². The van der Waals surface area contributed by atoms with Gasteiger partial charge in [-0.05, 0) is 117 Å². The zero-order valence-electron chi connectivity index (χ0n) is 53.7. The molecule has 101 heavy (non-hydrogen) atoms. The van der Waals surface area contributed by atoms with E-state index < -0.39 is 108 Å². The van der Waals surface area contributed by atoms with Crippen molar-refractivity contribution in [2.75, 3.05) is 40.5 Å². The van der Waals surface area contributed by atoms with Crippen LogP contribution in [0.2, 0.25) is 0 Å². The van der Waals surface area contributed by atoms with Gasteiger partial charge in [-0.2, -0.15) is 0 Å². The largest absolute Gasteiger partial charge is 0.481 e. The maximum Gasteiger partial charge on any atom is 0.327 e. The van der Waals surface area contributed by atoms with Gasteiger partial charge in [-0.25, -0.2) is 24.5 Å². The smallest absolute Gasteiger partial charge is 0.327 e. The number of carboxylic acids is 3. The average molecular weight is 1410 g/mol. The van der Waals surface area contributed by atoms with Crippen LogP contribution in [0.25, 0.3) is 33.0 Å². The van der Waals surface area contributed by atoms with Crippen LogP contribution in [0.15, 0.2) is 120 Å². The second kappa shape index (κ2) is 30.4. The first-order chi connectivity index (χ1) is 48.4. The van der Waals surface area contributed by atoms with E-state index in [2.05, 4.69) is 72.4 Å². The highest BCUT2D eigenvalue weighted by atomic mass is 33.1. The predicted octanol–water partition coefficient (Wildman–Crippen LogP) is 3.99. The standard InChI is InChI=1S/C67H67N17O15S2/c1-32-73-57-56(62(94)74-32)76-40(29-72-57)28-71-37-10-8-33(9-11-37)58(90)81-46(64(96)97)16-17-53(86)80-45(7-4-19-70-66(68)69)59(91)82-48(25-55(88)89)61(93)83-50(65(98)99)31-101-100-20-18-54(87)75-38-12-14-43-34(21-38)23-47(78-43)60(92)77-39-13-15-44-35(22-39)24-49(79-44)63(95)84-30-36-27-67(36)42-6-3-2-5-41(42)51(85)26-52(67)84/h2-3,5-6,8-15,21-24,26,29,36,45-46,48,50,71,78-79H,4,7,16-20,25,27-28,30-31H2,1H3,(H,75,87)(H,77,92)(H,80,86)(H,81,90)(H,82,91)(H,83,93)(H,88,89)(H,96,97)(H,98,99)(H4,68,69,70)(H,72,73,74,94)/t36?,45-,46-,48-,50?,67?/m1/s1. The van der Waals surface area contributed by atoms with Crippen molar-refractivity contribution in [1.82, 2.24) is 61.4 Å². The van der Waals surface area contributed by atoms with Crippen LogP contribution < -0.4 is 53.8 Å². The number of ketones is 1. The van der Waals surface area contributed by atoms with Gasteiger partial charge in [-0.1, -0.05) is 45.9 Å². The fraction of sp³-hybridized carbons (Fsp3) is 0.284. The number of nitrogens with two attached hydrogens (primary N) is 1. The maximum atomic E-state index is 14.0. The number of hydrogen-bond donors (Lipinski definition) is 16. The predicted molar refractivity (Wildman–Crippen MR) is 372 cm³/mol. The molecule has 3 aliphatic rings. The Labute approximate surface area is 579 Å². The van der Waals surface area contributed by atoms with Crippen LogP contribution in [0.1, 0.15) is 104 Å². The Morgan fingerprint density at radius 2 is 1.39 bits per heavy atom. The second-order valence-electron chi connectivity index (χ2n) is 24.2. The van der Waals surface area contributed by atoms with E-state index in [1.807, 2.05) is 24.3 Å². The lowest BCUT2D eigenvalue weighted by atomic mass is 9.81. The summed E-state index contributed by atoms with van der Waals surface area (Å²) < 4.78 is 0. The van der Waals surface area contributed by atoms with Crippen LogP contribution in [0.4, 0.5) is 17.1 Å². The van der Waals surface area contributed by atoms with Gasteiger partial charge in [0.1, 0.15) is 41.4 Å². The number of guanidine groups is 1. The number of carboxylic acid groups (broad SMARTS) is 3. The number of nitrogens with one attached hydrogen (secondary N) is 12. The van der Waals surface area contributed by atoms with E-state index in [4.69, 9.17) is 11.1 Å². The maximum absolute atomic E-state index is 14.0. The number of hydrogen-bond acceptors (Lipinski definition) is 19. The number of rotatable bonds is 31. The minimum Gasteiger partial charge on any atom is -0.481 e. The number of fused-ring (bicyclic) bond motifs is 4. The molecule has 1 saturated carbocycles. The van der Waals surface area contributed by atoms with Gasteiger partial charge in [-0.15, -0.1) is 0 Å². The molecule has 0 bridgehead atoms. The Kier molecular flexibility index (Phi) is 21.2. The van der Waals surface area contributed by atoms with Gasteiger partial charge in [-0.3, -0.25) is 53.4 Å². The number of likely N-dealkylation sites (tertiary alicyclic amines) is 1. The molecule has 11 rings (SSSR count). The molecular weight excluding hydrogens is 1350 g/mol. The molecule has 8 aromatic rings. The molecule has 1 aliphatic heterocycles. The Morgan fingerprint density at radius 1 is 0.713 bits per heavy atom. The van der Waals surface area contributed by atoms with Crippen molar-refractivity contribution < 1.29 is 68.1 Å². The SMILES string of the molecule is Cc1nc2ncc(CNc3ccc(C(=O)N[C@H](CCC(=O)N[C@H](CCCNC(=N)N)C(=O)N[C@H](CC(=O)O)C(=O)NC(CSSCCC(=O)Nc4ccc5[nH]c(C(=O)Nc6ccc7[nH]c(C(=O)N8CC9CC9%10C8=CC(=O)c8ccccc8%10)cc7c6)cc5c4)C(=O)O)C(=O)O)cc3)nc2c(=O)[nH]1. The van der Waals surface area contributed by atoms with E-state index in [0.717, 1.165) is 39.3 Å². The highest BCUT2D eigenvalue weighted by Gasteiger charge is 2.67. The molecule has 17 N–H and O–H groups in total. The van der Waals surface area contributed by atoms with Crippen molar-refractivity contribution in [1.29, 1.82) is 5.41 Å². The summed E-state index contributed by atoms with van der Waals surface area (Å²) in [6.07, 6.45) is 1.75. The molecule has 1 saturated heterocycles. The summed E-state index contributed by atoms with van der Waals surface area (Å²) in [5.41, 5.74) is 11.0. The van der Waals surface area contributed by atoms with Gasteiger partial charge in [0.25, 0.3) is 23.3 Å². The first-order valence-electron chi connectivity index (χ1n) is 31.7. The highest BCUT2D eigenvalue weighted by Crippen LogP contribution is 2.66. The number of carbonyl (C=O) groups is 11. The van der Waals surface area contributed by atoms with E-state index in [1.165, 1.54) is 18.3 Å². The molecule has 1 spiro atoms. The normalized spacial score (nSPS) is 16.0. The Bertz CT molecular complexity index is 4790. The summed E-state index contributed by atoms with van der Waals surface area (Å²) in [7, 11) is 2.10. The van der Waals surface area contributed by atoms with Crippen molar-refractivity contribution in [2.24, 2.45) is 11.7 Å². The molecule has 4 aromatic heterocycles. The number of piperidine rings is 1. The topological polar surface area (TPSA) is 501 Å². The number of anilines is 3. The number of aliphatic carboxylic acids is 3. The summed E-state index contributed by atoms with van der Waals surface area (Å²) >= 11 is 0. The van der Waals surface area contributed by atoms with Crippen LogP contribution in [0, 0.1) is 18.3 Å². The van der Waals surface area contributed by atoms with Crippen LogP contribution in [-0.4, -0.2) is 170 Å². The molecule has 7 amide bonds. The fourth-order valence-electron chi connectivity index (χ4n) is 12.1. The first-order valence-corrected chi connectivity index (χ1v) is 34.2. The Balaban J connectivity index is 0.618. The molecule has 522 valence electrons. The van der Waals surface area contributed by atoms with Gasteiger partial charge in [0.2, 0.25) is 23.6 Å². The molecule has 5 heterocycles. The first kappa shape index (κ1) is 70.4. The van der Waals surface area contributed by atoms with Crippen LogP contribution in [0.5, 0.6) is 0 Å². The Hall–Kier alpha value is -11.9. The minimum atomic E-state index is -1.87. The third-order valence-corrected chi connectivity index (χ3v) is 19.6. The van der Waals surface area contributed by atoms with Gasteiger partial charge in [0.15, 0.2) is 22.9 Å². The van der Waals surface area contributed by atoms with Gasteiger partial charge in [0.05, 0.1) is 24.9 Å². The molecule has 6 atom stereocenters. The number of aryl methyl sites for hydroxylation is 1. The quantitative estimate of drug-likeness (QED) is 0.0126. The molecule has 34 heteroatoms. The summed E-state index contributed by atoms with van der Waals surface area (Å²) in [5, 5.41) is 59.2. The van der Waals surface area contributed by atoms with Crippen molar-refractivity contribution in [3.05, 3.63) is 165 Å². The van der Waals surface area contributed by atoms with Crippen LogP contribution in [0.3, 0.4) is 0 Å². The number of carbonyl (C=O) groups excluding carboxylic acids is 8. The van der Waals surface area contributed by atoms with E-state index in [-0.39, 0.29) is 89.3 Å². The summed E-state index contributed by atoms with van der Waals surface area (Å²) in [6, 6.07) is 20.5. The molecule has 2 aliphatic carbocycles. The average Bonchev–Trinajstić information content (AvgIpc) is 1.51. The van der Waals surface area contributed by atoms with E-state index in [1.54, 1.807) is 78.6 Å². The van der Waals surface area contributed by atoms with E-state index in [9.17, 15) is 72.9 Å². The lowest BCUT2D eigenvalue weighted by Gasteiger charge is -2.29. The summed E-state index contributed by atoms with van der Waals surface area (Å²) in [5.74, 6) is -9.60. The molecule has 32 nitrogen and oxygen atoms in total. The Morgan fingerprint density at radius 3 is 2.10 bits per heavy atom. The number of aromatic amines is 3. The minimum absolute atomic E-state index is 0.0289. The number of amides is 7. The van der Waals surface area contributed by atoms with Gasteiger partial charge in [0, 0.05) is 105 Å². The monoisotopic (exact) mass is 1410 g/mol. The number of allylic oxidation sites excluding steroid dienone is 2. The third-order valence-electron chi connectivity index (χ3n) is 17.2. The van der Waals surface area contributed by atoms with Crippen molar-refractivity contribution in [3.8, 4) is 0 Å². The third kappa shape index (κ3) is 16.6. The number of aromatic nitrogens is 6. The lowest BCUT2D eigenvalue weighted by molar-refractivity contribution is -0.143. The van der Waals surface area contributed by atoms with Gasteiger partial charge >= 0.3 is 17.9 Å². The molecule has 3 unspecified atom stereocenters. The second-order valence-corrected chi connectivity index (χ2v) is 26.9. The van der Waals surface area contributed by atoms with Crippen LogP contribution >= 0.6 is 21.6 Å². The highest BCUT2D eigenvalue weighted by molar-refractivity contribution is 8.76. The van der Waals surface area contributed by atoms with E-state index in [0.29, 0.717) is 68.2 Å². The zero-order valence-corrected chi connectivity index (χ0v) is 55.3. The molecule has 4 aromatic carbocycles. The van der Waals surface area contributed by atoms with Crippen molar-refractivity contribution >= 4 is 143 Å².